The van der Waals surface area contributed by atoms with Crippen LogP contribution in [0.3, 0.4) is 0 Å². The van der Waals surface area contributed by atoms with Crippen LogP contribution in [-0.2, 0) is 23.8 Å². The van der Waals surface area contributed by atoms with Crippen LogP contribution < -0.4 is 0 Å². The molecule has 3 rings (SSSR count). The molecule has 3 aromatic rings. The fourth-order valence-electron chi connectivity index (χ4n) is 3.04. The zero-order chi connectivity index (χ0) is 27.4. The predicted molar refractivity (Wildman–Crippen MR) is 127 cm³/mol. The van der Waals surface area contributed by atoms with Gasteiger partial charge in [-0.2, -0.15) is 22.6 Å². The molecule has 0 bridgehead atoms. The van der Waals surface area contributed by atoms with E-state index in [1.807, 2.05) is 0 Å². The Hall–Kier alpha value is -3.81. The second-order valence-corrected chi connectivity index (χ2v) is 9.87. The van der Waals surface area contributed by atoms with Crippen molar-refractivity contribution in [1.29, 1.82) is 0 Å². The van der Waals surface area contributed by atoms with E-state index in [-0.39, 0.29) is 19.3 Å². The second-order valence-electron chi connectivity index (χ2n) is 8.81. The highest BCUT2D eigenvalue weighted by molar-refractivity contribution is 7.14. The molecule has 0 saturated carbocycles. The van der Waals surface area contributed by atoms with Crippen molar-refractivity contribution in [2.75, 3.05) is 0 Å². The van der Waals surface area contributed by atoms with Gasteiger partial charge in [0.25, 0.3) is 0 Å². The first-order chi connectivity index (χ1) is 17.2. The van der Waals surface area contributed by atoms with Gasteiger partial charge in [0.1, 0.15) is 21.3 Å². The first-order valence-electron chi connectivity index (χ1n) is 10.8. The highest BCUT2D eigenvalue weighted by Crippen LogP contribution is 2.29. The summed E-state index contributed by atoms with van der Waals surface area (Å²) < 4.78 is 57.6. The zero-order valence-electron chi connectivity index (χ0n) is 19.9. The average molecular weight is 540 g/mol. The fraction of sp³-hybridized carbons (Fsp3) is 0.348. The van der Waals surface area contributed by atoms with Gasteiger partial charge in [-0.3, -0.25) is 15.1 Å². The lowest BCUT2D eigenvalue weighted by Crippen LogP contribution is -2.23. The van der Waals surface area contributed by atoms with E-state index in [4.69, 9.17) is 4.74 Å². The van der Waals surface area contributed by atoms with Gasteiger partial charge in [0.05, 0.1) is 4.92 Å². The van der Waals surface area contributed by atoms with Gasteiger partial charge in [-0.1, -0.05) is 17.4 Å². The summed E-state index contributed by atoms with van der Waals surface area (Å²) in [6.45, 7) is 5.01. The van der Waals surface area contributed by atoms with E-state index in [1.54, 1.807) is 20.8 Å². The van der Waals surface area contributed by atoms with E-state index in [9.17, 15) is 32.5 Å². The largest absolute Gasteiger partial charge is 0.442 e. The molecule has 2 heterocycles. The van der Waals surface area contributed by atoms with E-state index >= 15 is 0 Å². The molecular formula is C23H21F4N5O4S. The second kappa shape index (κ2) is 11.1. The lowest BCUT2D eigenvalue weighted by Gasteiger charge is -2.18. The van der Waals surface area contributed by atoms with Gasteiger partial charge >= 0.3 is 18.0 Å². The number of rotatable bonds is 7. The maximum atomic E-state index is 14.0. The van der Waals surface area contributed by atoms with Crippen LogP contribution >= 0.6 is 11.3 Å². The Morgan fingerprint density at radius 2 is 1.89 bits per heavy atom. The van der Waals surface area contributed by atoms with E-state index in [0.717, 1.165) is 35.7 Å². The monoisotopic (exact) mass is 539 g/mol. The Bertz CT molecular complexity index is 1320. The molecule has 0 saturated heterocycles. The van der Waals surface area contributed by atoms with E-state index in [2.05, 4.69) is 20.2 Å². The van der Waals surface area contributed by atoms with Gasteiger partial charge in [-0.25, -0.2) is 4.79 Å². The molecule has 196 valence electrons. The van der Waals surface area contributed by atoms with Crippen LogP contribution in [0.25, 0.3) is 10.6 Å². The molecule has 2 aromatic heterocycles. The number of nitro benzene ring substituents is 1. The minimum Gasteiger partial charge on any atom is -0.442 e. The van der Waals surface area contributed by atoms with Crippen molar-refractivity contribution < 1.29 is 32.0 Å². The third-order valence-corrected chi connectivity index (χ3v) is 5.68. The highest BCUT2D eigenvalue weighted by atomic mass is 32.1. The number of pyridine rings is 1. The number of aliphatic imine (C=N–C) groups is 1. The van der Waals surface area contributed by atoms with E-state index in [1.165, 1.54) is 12.1 Å². The van der Waals surface area contributed by atoms with Gasteiger partial charge in [0, 0.05) is 36.4 Å². The average Bonchev–Trinajstić information content (AvgIpc) is 3.25. The predicted octanol–water partition coefficient (Wildman–Crippen LogP) is 6.22. The molecular weight excluding hydrogens is 518 g/mol. The molecule has 37 heavy (non-hydrogen) atoms. The number of ether oxygens (including phenoxy) is 1. The number of aryl methyl sites for hydroxylation is 1. The number of aromatic nitrogens is 3. The van der Waals surface area contributed by atoms with E-state index in [0.29, 0.717) is 26.9 Å². The first kappa shape index (κ1) is 27.8. The van der Waals surface area contributed by atoms with Crippen LogP contribution in [-0.4, -0.2) is 37.5 Å². The molecule has 0 radical (unpaired) electrons. The topological polar surface area (TPSA) is 120 Å². The number of nitrogens with zero attached hydrogens (tertiary/aromatic N) is 5. The van der Waals surface area contributed by atoms with Gasteiger partial charge in [0.2, 0.25) is 5.82 Å². The molecule has 0 atom stereocenters. The van der Waals surface area contributed by atoms with Crippen LogP contribution in [0.1, 0.15) is 43.5 Å². The van der Waals surface area contributed by atoms with Crippen molar-refractivity contribution in [2.45, 2.75) is 51.8 Å². The highest BCUT2D eigenvalue weighted by Gasteiger charge is 2.32. The molecule has 0 aliphatic heterocycles. The quantitative estimate of drug-likeness (QED) is 0.151. The number of benzene rings is 1. The standard InChI is InChI=1S/C23H21F4N5O4S/c1-22(2,3)36-21(33)29-15(10-13-4-8-18(28-12-13)23(25,26)27)6-9-19-30-31-20(37-19)14-5-7-17(32(34)35)16(24)11-14/h4-5,7-8,11-12H,6,9-10H2,1-3H3. The number of halogens is 4. The summed E-state index contributed by atoms with van der Waals surface area (Å²) in [4.78, 5) is 29.7. The lowest BCUT2D eigenvalue weighted by atomic mass is 10.1. The Morgan fingerprint density at radius 3 is 2.46 bits per heavy atom. The summed E-state index contributed by atoms with van der Waals surface area (Å²) >= 11 is 1.12. The number of carbonyl (C=O) groups excluding carboxylic acids is 1. The molecule has 1 aromatic carbocycles. The zero-order valence-corrected chi connectivity index (χ0v) is 20.7. The fourth-order valence-corrected chi connectivity index (χ4v) is 3.88. The number of amides is 1. The Morgan fingerprint density at radius 1 is 1.16 bits per heavy atom. The number of hydrogen-bond donors (Lipinski definition) is 0. The lowest BCUT2D eigenvalue weighted by molar-refractivity contribution is -0.387. The normalized spacial score (nSPS) is 12.5. The molecule has 0 unspecified atom stereocenters. The molecule has 9 nitrogen and oxygen atoms in total. The Balaban J connectivity index is 1.77. The maximum Gasteiger partial charge on any atom is 0.434 e. The minimum absolute atomic E-state index is 0.0452. The van der Waals surface area contributed by atoms with Crippen molar-refractivity contribution >= 4 is 28.8 Å². The van der Waals surface area contributed by atoms with E-state index < -0.39 is 40.0 Å². The summed E-state index contributed by atoms with van der Waals surface area (Å²) in [7, 11) is 0. The van der Waals surface area contributed by atoms with Crippen molar-refractivity contribution in [1.82, 2.24) is 15.2 Å². The summed E-state index contributed by atoms with van der Waals surface area (Å²) in [6, 6.07) is 5.50. The summed E-state index contributed by atoms with van der Waals surface area (Å²) in [6.07, 6.45) is -3.84. The molecule has 0 N–H and O–H groups in total. The van der Waals surface area contributed by atoms with Gasteiger partial charge < -0.3 is 4.74 Å². The van der Waals surface area contributed by atoms with Crippen molar-refractivity contribution in [3.8, 4) is 10.6 Å². The van der Waals surface area contributed by atoms with Crippen molar-refractivity contribution in [3.63, 3.8) is 0 Å². The number of nitro groups is 1. The van der Waals surface area contributed by atoms with Crippen LogP contribution in [0.4, 0.5) is 28.0 Å². The van der Waals surface area contributed by atoms with Gasteiger partial charge in [-0.05, 0) is 51.0 Å². The van der Waals surface area contributed by atoms with Crippen LogP contribution in [0.15, 0.2) is 41.5 Å². The van der Waals surface area contributed by atoms with Crippen molar-refractivity contribution in [2.24, 2.45) is 4.99 Å². The van der Waals surface area contributed by atoms with Gasteiger partial charge in [-0.15, -0.1) is 10.2 Å². The number of carbonyl (C=O) groups is 1. The summed E-state index contributed by atoms with van der Waals surface area (Å²) in [5, 5.41) is 19.7. The minimum atomic E-state index is -4.58. The Kier molecular flexibility index (Phi) is 8.31. The summed E-state index contributed by atoms with van der Waals surface area (Å²) in [5.41, 5.74) is -1.44. The number of hydrogen-bond acceptors (Lipinski definition) is 8. The van der Waals surface area contributed by atoms with Crippen molar-refractivity contribution in [3.05, 3.63) is 68.7 Å². The molecule has 1 amide bonds. The smallest absolute Gasteiger partial charge is 0.434 e. The number of alkyl halides is 3. The van der Waals surface area contributed by atoms with Gasteiger partial charge in [0.15, 0.2) is 0 Å². The first-order valence-corrected chi connectivity index (χ1v) is 11.6. The molecule has 14 heteroatoms. The third-order valence-electron chi connectivity index (χ3n) is 4.65. The molecule has 0 spiro atoms. The molecule has 0 aliphatic rings. The van der Waals surface area contributed by atoms with Crippen LogP contribution in [0, 0.1) is 15.9 Å². The SMILES string of the molecule is CC(C)(C)OC(=O)N=C(CCc1nnc(-c2ccc([N+](=O)[O-])c(F)c2)s1)Cc1ccc(C(F)(F)F)nc1. The van der Waals surface area contributed by atoms with Crippen LogP contribution in [0.5, 0.6) is 0 Å². The maximum absolute atomic E-state index is 14.0. The van der Waals surface area contributed by atoms with Crippen LogP contribution in [0.2, 0.25) is 0 Å². The molecule has 0 fully saturated rings. The Labute approximate surface area is 212 Å². The summed E-state index contributed by atoms with van der Waals surface area (Å²) in [5.74, 6) is -1.00. The third kappa shape index (κ3) is 8.10. The molecule has 0 aliphatic carbocycles.